The molecule has 0 radical (unpaired) electrons. The van der Waals surface area contributed by atoms with Gasteiger partial charge in [0.25, 0.3) is 0 Å². The molecule has 1 aromatic rings. The van der Waals surface area contributed by atoms with Gasteiger partial charge < -0.3 is 16.3 Å². The molecule has 1 saturated carbocycles. The van der Waals surface area contributed by atoms with Crippen molar-refractivity contribution in [2.24, 2.45) is 22.7 Å². The predicted molar refractivity (Wildman–Crippen MR) is 80.0 cm³/mol. The number of oxime groups is 1. The molecule has 5 nitrogen and oxygen atoms in total. The summed E-state index contributed by atoms with van der Waals surface area (Å²) in [5.74, 6) is 0.434. The maximum Gasteiger partial charge on any atom is 0.224 e. The van der Waals surface area contributed by atoms with Crippen LogP contribution in [-0.2, 0) is 17.6 Å². The zero-order valence-electron chi connectivity index (χ0n) is 12.0. The summed E-state index contributed by atoms with van der Waals surface area (Å²) < 4.78 is 0. The molecule has 2 atom stereocenters. The molecule has 21 heavy (non-hydrogen) atoms. The second-order valence-electron chi connectivity index (χ2n) is 6.06. The third-order valence-electron chi connectivity index (χ3n) is 4.54. The Morgan fingerprint density at radius 2 is 2.00 bits per heavy atom. The lowest BCUT2D eigenvalue weighted by Gasteiger charge is -2.26. The van der Waals surface area contributed by atoms with Crippen molar-refractivity contribution in [1.82, 2.24) is 5.32 Å². The smallest absolute Gasteiger partial charge is 0.224 e. The highest BCUT2D eigenvalue weighted by molar-refractivity contribution is 5.91. The van der Waals surface area contributed by atoms with Gasteiger partial charge in [0.1, 0.15) is 0 Å². The maximum atomic E-state index is 12.5. The van der Waals surface area contributed by atoms with Crippen molar-refractivity contribution in [3.8, 4) is 0 Å². The molecule has 0 heterocycles. The van der Waals surface area contributed by atoms with E-state index in [4.69, 9.17) is 10.9 Å². The summed E-state index contributed by atoms with van der Waals surface area (Å²) in [5.41, 5.74) is 8.30. The molecule has 1 fully saturated rings. The minimum absolute atomic E-state index is 0.0207. The molecule has 3 rings (SSSR count). The van der Waals surface area contributed by atoms with E-state index in [0.29, 0.717) is 5.92 Å². The second kappa shape index (κ2) is 5.76. The Labute approximate surface area is 124 Å². The standard InChI is InChI=1S/C16H21N3O2/c17-15(19-21)14(11-6-7-11)18-16(20)13-8-5-10-3-1-2-4-12(10)9-13/h1-4,11,13-14,21H,5-9H2,(H2,17,19)(H,18,20). The van der Waals surface area contributed by atoms with Crippen molar-refractivity contribution in [1.29, 1.82) is 0 Å². The second-order valence-corrected chi connectivity index (χ2v) is 6.06. The number of nitrogens with two attached hydrogens (primary N) is 1. The average Bonchev–Trinajstić information content (AvgIpc) is 3.35. The van der Waals surface area contributed by atoms with Crippen LogP contribution in [0.15, 0.2) is 29.4 Å². The van der Waals surface area contributed by atoms with E-state index in [1.54, 1.807) is 0 Å². The number of fused-ring (bicyclic) bond motifs is 1. The number of hydrogen-bond donors (Lipinski definition) is 3. The van der Waals surface area contributed by atoms with E-state index in [2.05, 4.69) is 22.6 Å². The van der Waals surface area contributed by atoms with Crippen LogP contribution >= 0.6 is 0 Å². The predicted octanol–water partition coefficient (Wildman–Crippen LogP) is 1.43. The molecule has 2 aliphatic rings. The maximum absolute atomic E-state index is 12.5. The Balaban J connectivity index is 1.66. The highest BCUT2D eigenvalue weighted by Crippen LogP contribution is 2.33. The first-order valence-electron chi connectivity index (χ1n) is 7.53. The number of amidine groups is 1. The first-order valence-corrected chi connectivity index (χ1v) is 7.53. The van der Waals surface area contributed by atoms with Gasteiger partial charge in [-0.2, -0.15) is 0 Å². The highest BCUT2D eigenvalue weighted by Gasteiger charge is 2.36. The molecule has 5 heteroatoms. The average molecular weight is 287 g/mol. The monoisotopic (exact) mass is 287 g/mol. The number of benzene rings is 1. The van der Waals surface area contributed by atoms with Gasteiger partial charge in [-0.25, -0.2) is 0 Å². The van der Waals surface area contributed by atoms with Gasteiger partial charge in [-0.1, -0.05) is 29.4 Å². The molecule has 1 amide bonds. The van der Waals surface area contributed by atoms with Crippen LogP contribution in [0.3, 0.4) is 0 Å². The zero-order chi connectivity index (χ0) is 14.8. The molecular formula is C16H21N3O2. The fourth-order valence-corrected chi connectivity index (χ4v) is 3.12. The van der Waals surface area contributed by atoms with Crippen LogP contribution in [0, 0.1) is 11.8 Å². The van der Waals surface area contributed by atoms with Gasteiger partial charge in [0, 0.05) is 5.92 Å². The van der Waals surface area contributed by atoms with Crippen molar-refractivity contribution in [2.45, 2.75) is 38.1 Å². The van der Waals surface area contributed by atoms with E-state index < -0.39 is 0 Å². The molecule has 1 aromatic carbocycles. The lowest BCUT2D eigenvalue weighted by molar-refractivity contribution is -0.125. The Morgan fingerprint density at radius 1 is 1.29 bits per heavy atom. The van der Waals surface area contributed by atoms with Crippen molar-refractivity contribution in [3.63, 3.8) is 0 Å². The molecule has 0 aromatic heterocycles. The molecular weight excluding hydrogens is 266 g/mol. The van der Waals surface area contributed by atoms with Crippen LogP contribution in [0.5, 0.6) is 0 Å². The third-order valence-corrected chi connectivity index (χ3v) is 4.54. The topological polar surface area (TPSA) is 87.7 Å². The Kier molecular flexibility index (Phi) is 3.82. The minimum Gasteiger partial charge on any atom is -0.409 e. The van der Waals surface area contributed by atoms with Crippen molar-refractivity contribution < 1.29 is 10.0 Å². The Morgan fingerprint density at radius 3 is 2.67 bits per heavy atom. The number of nitrogens with zero attached hydrogens (tertiary/aromatic N) is 1. The van der Waals surface area contributed by atoms with Crippen LogP contribution in [0.1, 0.15) is 30.4 Å². The van der Waals surface area contributed by atoms with Gasteiger partial charge in [0.05, 0.1) is 6.04 Å². The molecule has 2 aliphatic carbocycles. The van der Waals surface area contributed by atoms with Crippen molar-refractivity contribution in [3.05, 3.63) is 35.4 Å². The number of rotatable bonds is 4. The van der Waals surface area contributed by atoms with Gasteiger partial charge in [-0.05, 0) is 49.1 Å². The van der Waals surface area contributed by atoms with E-state index in [1.165, 1.54) is 11.1 Å². The molecule has 0 bridgehead atoms. The summed E-state index contributed by atoms with van der Waals surface area (Å²) in [6.45, 7) is 0. The number of carbonyl (C=O) groups excluding carboxylic acids is 1. The van der Waals surface area contributed by atoms with Gasteiger partial charge >= 0.3 is 0 Å². The van der Waals surface area contributed by atoms with Gasteiger partial charge in [0.2, 0.25) is 5.91 Å². The quantitative estimate of drug-likeness (QED) is 0.339. The Hall–Kier alpha value is -2.04. The summed E-state index contributed by atoms with van der Waals surface area (Å²) in [7, 11) is 0. The third kappa shape index (κ3) is 3.01. The molecule has 0 saturated heterocycles. The summed E-state index contributed by atoms with van der Waals surface area (Å²) in [6.07, 6.45) is 4.61. The summed E-state index contributed by atoms with van der Waals surface area (Å²) >= 11 is 0. The van der Waals surface area contributed by atoms with Crippen LogP contribution in [0.2, 0.25) is 0 Å². The SMILES string of the molecule is N/C(=N/O)C(NC(=O)C1CCc2ccccc2C1)C1CC1. The number of aryl methyl sites for hydroxylation is 1. The van der Waals surface area contributed by atoms with Crippen molar-refractivity contribution >= 4 is 11.7 Å². The van der Waals surface area contributed by atoms with Crippen LogP contribution in [0.4, 0.5) is 0 Å². The summed E-state index contributed by atoms with van der Waals surface area (Å²) in [6, 6.07) is 7.96. The van der Waals surface area contributed by atoms with Gasteiger partial charge in [-0.15, -0.1) is 0 Å². The number of nitrogens with one attached hydrogen (secondary N) is 1. The molecule has 2 unspecified atom stereocenters. The Bertz CT molecular complexity index is 566. The molecule has 0 aliphatic heterocycles. The highest BCUT2D eigenvalue weighted by atomic mass is 16.4. The van der Waals surface area contributed by atoms with Crippen LogP contribution in [-0.4, -0.2) is 23.0 Å². The van der Waals surface area contributed by atoms with Crippen molar-refractivity contribution in [2.75, 3.05) is 0 Å². The minimum atomic E-state index is -0.320. The number of amides is 1. The molecule has 0 spiro atoms. The zero-order valence-corrected chi connectivity index (χ0v) is 12.0. The molecule has 112 valence electrons. The van der Waals surface area contributed by atoms with E-state index in [9.17, 15) is 4.79 Å². The fraction of sp³-hybridized carbons (Fsp3) is 0.500. The summed E-state index contributed by atoms with van der Waals surface area (Å²) in [5, 5.41) is 14.9. The van der Waals surface area contributed by atoms with E-state index in [1.807, 2.05) is 12.1 Å². The van der Waals surface area contributed by atoms with Crippen LogP contribution < -0.4 is 11.1 Å². The normalized spacial score (nSPS) is 23.2. The van der Waals surface area contributed by atoms with E-state index >= 15 is 0 Å². The van der Waals surface area contributed by atoms with E-state index in [0.717, 1.165) is 32.1 Å². The fourth-order valence-electron chi connectivity index (χ4n) is 3.12. The lowest BCUT2D eigenvalue weighted by Crippen LogP contribution is -2.48. The lowest BCUT2D eigenvalue weighted by atomic mass is 9.83. The first kappa shape index (κ1) is 13.9. The number of hydrogen-bond acceptors (Lipinski definition) is 3. The van der Waals surface area contributed by atoms with Crippen LogP contribution in [0.25, 0.3) is 0 Å². The number of carbonyl (C=O) groups is 1. The van der Waals surface area contributed by atoms with Gasteiger partial charge in [0.15, 0.2) is 5.84 Å². The van der Waals surface area contributed by atoms with Gasteiger partial charge in [-0.3, -0.25) is 4.79 Å². The first-order chi connectivity index (χ1) is 10.2. The molecule has 4 N–H and O–H groups in total. The summed E-state index contributed by atoms with van der Waals surface area (Å²) in [4.78, 5) is 12.5. The van der Waals surface area contributed by atoms with E-state index in [-0.39, 0.29) is 23.7 Å². The largest absolute Gasteiger partial charge is 0.409 e.